The van der Waals surface area contributed by atoms with E-state index in [2.05, 4.69) is 4.98 Å². The molecule has 2 aromatic rings. The number of amides is 1. The van der Waals surface area contributed by atoms with Gasteiger partial charge in [-0.3, -0.25) is 9.59 Å². The van der Waals surface area contributed by atoms with E-state index < -0.39 is 10.0 Å². The molecule has 0 aliphatic carbocycles. The summed E-state index contributed by atoms with van der Waals surface area (Å²) in [6, 6.07) is 10.6. The number of Topliss-reactive ketones (excluding diaryl/α,β-unsaturated/α-hetero) is 1. The van der Waals surface area contributed by atoms with Gasteiger partial charge < -0.3 is 4.90 Å². The number of nitrogens with zero attached hydrogens (tertiary/aromatic N) is 3. The first-order valence-corrected chi connectivity index (χ1v) is 13.1. The highest BCUT2D eigenvalue weighted by Crippen LogP contribution is 2.29. The van der Waals surface area contributed by atoms with E-state index in [1.807, 2.05) is 36.1 Å². The predicted octanol–water partition coefficient (Wildman–Crippen LogP) is 3.57. The average Bonchev–Trinajstić information content (AvgIpc) is 2.84. The third-order valence-corrected chi connectivity index (χ3v) is 9.00. The molecule has 0 atom stereocenters. The van der Waals surface area contributed by atoms with E-state index in [0.29, 0.717) is 38.8 Å². The summed E-state index contributed by atoms with van der Waals surface area (Å²) in [5, 5.41) is -0.0428. The first-order valence-electron chi connectivity index (χ1n) is 11.3. The Labute approximate surface area is 199 Å². The van der Waals surface area contributed by atoms with Gasteiger partial charge in [-0.15, -0.1) is 0 Å². The lowest BCUT2D eigenvalue weighted by Crippen LogP contribution is -2.47. The number of hydrogen-bond acceptors (Lipinski definition) is 5. The average molecular weight is 490 g/mol. The summed E-state index contributed by atoms with van der Waals surface area (Å²) in [5.41, 5.74) is 1.85. The van der Waals surface area contributed by atoms with Gasteiger partial charge in [-0.25, -0.2) is 13.4 Å². The van der Waals surface area contributed by atoms with E-state index in [1.54, 1.807) is 6.07 Å². The summed E-state index contributed by atoms with van der Waals surface area (Å²) in [5.74, 6) is -0.0551. The third kappa shape index (κ3) is 5.13. The minimum absolute atomic E-state index is 0.00300. The molecule has 33 heavy (non-hydrogen) atoms. The van der Waals surface area contributed by atoms with Crippen LogP contribution in [0.3, 0.4) is 0 Å². The van der Waals surface area contributed by atoms with Crippen LogP contribution in [0.2, 0.25) is 5.15 Å². The number of benzene rings is 1. The fourth-order valence-corrected chi connectivity index (χ4v) is 6.52. The van der Waals surface area contributed by atoms with Crippen molar-refractivity contribution in [1.82, 2.24) is 14.2 Å². The molecule has 7 nitrogen and oxygen atoms in total. The molecule has 2 fully saturated rings. The molecule has 0 bridgehead atoms. The molecule has 4 rings (SSSR count). The number of rotatable bonds is 5. The van der Waals surface area contributed by atoms with Crippen LogP contribution in [-0.2, 0) is 14.8 Å². The Balaban J connectivity index is 1.30. The fourth-order valence-electron chi connectivity index (χ4n) is 4.62. The topological polar surface area (TPSA) is 87.7 Å². The third-order valence-electron chi connectivity index (χ3n) is 6.66. The molecule has 0 spiro atoms. The minimum atomic E-state index is -3.74. The minimum Gasteiger partial charge on any atom is -0.342 e. The van der Waals surface area contributed by atoms with Crippen LogP contribution >= 0.6 is 11.6 Å². The Morgan fingerprint density at radius 1 is 0.939 bits per heavy atom. The maximum Gasteiger partial charge on any atom is 0.246 e. The molecule has 2 saturated heterocycles. The first kappa shape index (κ1) is 23.9. The van der Waals surface area contributed by atoms with E-state index in [1.165, 1.54) is 16.6 Å². The number of sulfonamides is 1. The molecule has 2 aliphatic rings. The maximum absolute atomic E-state index is 13.1. The van der Waals surface area contributed by atoms with Gasteiger partial charge in [-0.2, -0.15) is 4.31 Å². The SMILES string of the molecule is Cc1ccc(C(=O)C2CCN(C(=O)C3CCN(S(=O)(=O)c4cccnc4Cl)CC3)CC2)cc1. The molecule has 0 unspecified atom stereocenters. The van der Waals surface area contributed by atoms with Crippen molar-refractivity contribution in [2.24, 2.45) is 11.8 Å². The van der Waals surface area contributed by atoms with Gasteiger partial charge in [0.1, 0.15) is 10.0 Å². The smallest absolute Gasteiger partial charge is 0.246 e. The number of ketones is 1. The molecule has 2 aliphatic heterocycles. The van der Waals surface area contributed by atoms with Crippen molar-refractivity contribution < 1.29 is 18.0 Å². The zero-order valence-electron chi connectivity index (χ0n) is 18.6. The van der Waals surface area contributed by atoms with Crippen LogP contribution < -0.4 is 0 Å². The van der Waals surface area contributed by atoms with Gasteiger partial charge in [0.15, 0.2) is 5.78 Å². The number of likely N-dealkylation sites (tertiary alicyclic amines) is 1. The van der Waals surface area contributed by atoms with Gasteiger partial charge in [0.25, 0.3) is 0 Å². The van der Waals surface area contributed by atoms with Crippen LogP contribution in [0.15, 0.2) is 47.5 Å². The van der Waals surface area contributed by atoms with Crippen molar-refractivity contribution in [2.75, 3.05) is 26.2 Å². The lowest BCUT2D eigenvalue weighted by atomic mass is 9.87. The Bertz CT molecular complexity index is 1120. The lowest BCUT2D eigenvalue weighted by Gasteiger charge is -2.36. The summed E-state index contributed by atoms with van der Waals surface area (Å²) < 4.78 is 27.2. The Morgan fingerprint density at radius 2 is 1.55 bits per heavy atom. The van der Waals surface area contributed by atoms with Gasteiger partial charge >= 0.3 is 0 Å². The lowest BCUT2D eigenvalue weighted by molar-refractivity contribution is -0.138. The van der Waals surface area contributed by atoms with Crippen molar-refractivity contribution in [1.29, 1.82) is 0 Å². The second kappa shape index (κ2) is 9.91. The highest BCUT2D eigenvalue weighted by atomic mass is 35.5. The maximum atomic E-state index is 13.1. The van der Waals surface area contributed by atoms with Crippen LogP contribution in [0.25, 0.3) is 0 Å². The molecule has 1 amide bonds. The first-order chi connectivity index (χ1) is 15.8. The monoisotopic (exact) mass is 489 g/mol. The summed E-state index contributed by atoms with van der Waals surface area (Å²) in [7, 11) is -3.74. The molecule has 3 heterocycles. The van der Waals surface area contributed by atoms with Crippen molar-refractivity contribution >= 4 is 33.3 Å². The number of pyridine rings is 1. The van der Waals surface area contributed by atoms with Crippen LogP contribution in [0, 0.1) is 18.8 Å². The van der Waals surface area contributed by atoms with Crippen molar-refractivity contribution in [3.8, 4) is 0 Å². The standard InChI is InChI=1S/C24H28ClN3O4S/c1-17-4-6-18(7-5-17)22(29)19-8-13-27(14-9-19)24(30)20-10-15-28(16-11-20)33(31,32)21-3-2-12-26-23(21)25/h2-7,12,19-20H,8-11,13-16H2,1H3. The number of carbonyl (C=O) groups is 2. The molecular formula is C24H28ClN3O4S. The summed E-state index contributed by atoms with van der Waals surface area (Å²) >= 11 is 5.99. The Kier molecular flexibility index (Phi) is 7.16. The zero-order valence-corrected chi connectivity index (χ0v) is 20.2. The van der Waals surface area contributed by atoms with E-state index in [4.69, 9.17) is 11.6 Å². The van der Waals surface area contributed by atoms with Crippen molar-refractivity contribution in [3.63, 3.8) is 0 Å². The van der Waals surface area contributed by atoms with E-state index in [0.717, 1.165) is 11.1 Å². The van der Waals surface area contributed by atoms with Gasteiger partial charge in [0.05, 0.1) is 0 Å². The number of hydrogen-bond donors (Lipinski definition) is 0. The molecule has 0 radical (unpaired) electrons. The number of carbonyl (C=O) groups excluding carboxylic acids is 2. The number of aromatic nitrogens is 1. The molecule has 0 saturated carbocycles. The normalized spacial score (nSPS) is 18.9. The van der Waals surface area contributed by atoms with E-state index in [-0.39, 0.29) is 46.7 Å². The quantitative estimate of drug-likeness (QED) is 0.473. The van der Waals surface area contributed by atoms with Gasteiger partial charge in [-0.1, -0.05) is 41.4 Å². The van der Waals surface area contributed by atoms with Gasteiger partial charge in [-0.05, 0) is 44.7 Å². The van der Waals surface area contributed by atoms with Crippen molar-refractivity contribution in [3.05, 3.63) is 58.9 Å². The molecule has 176 valence electrons. The fraction of sp³-hybridized carbons (Fsp3) is 0.458. The number of halogens is 1. The molecular weight excluding hydrogens is 462 g/mol. The van der Waals surface area contributed by atoms with Crippen LogP contribution in [-0.4, -0.2) is 60.5 Å². The van der Waals surface area contributed by atoms with Crippen LogP contribution in [0.1, 0.15) is 41.6 Å². The molecule has 9 heteroatoms. The highest BCUT2D eigenvalue weighted by molar-refractivity contribution is 7.89. The second-order valence-corrected chi connectivity index (χ2v) is 11.1. The Hall–Kier alpha value is -2.29. The zero-order chi connectivity index (χ0) is 23.6. The molecule has 0 N–H and O–H groups in total. The largest absolute Gasteiger partial charge is 0.342 e. The predicted molar refractivity (Wildman–Crippen MR) is 126 cm³/mol. The van der Waals surface area contributed by atoms with Gasteiger partial charge in [0, 0.05) is 49.8 Å². The molecule has 1 aromatic carbocycles. The Morgan fingerprint density at radius 3 is 2.15 bits per heavy atom. The van der Waals surface area contributed by atoms with Gasteiger partial charge in [0.2, 0.25) is 15.9 Å². The van der Waals surface area contributed by atoms with E-state index in [9.17, 15) is 18.0 Å². The second-order valence-electron chi connectivity index (χ2n) is 8.80. The molecule has 1 aromatic heterocycles. The summed E-state index contributed by atoms with van der Waals surface area (Å²) in [4.78, 5) is 31.5. The van der Waals surface area contributed by atoms with E-state index >= 15 is 0 Å². The van der Waals surface area contributed by atoms with Crippen LogP contribution in [0.4, 0.5) is 0 Å². The van der Waals surface area contributed by atoms with Crippen molar-refractivity contribution in [2.45, 2.75) is 37.5 Å². The number of piperidine rings is 2. The highest BCUT2D eigenvalue weighted by Gasteiger charge is 2.36. The number of aryl methyl sites for hydroxylation is 1. The van der Waals surface area contributed by atoms with Crippen LogP contribution in [0.5, 0.6) is 0 Å². The summed E-state index contributed by atoms with van der Waals surface area (Å²) in [6.45, 7) is 3.65. The summed E-state index contributed by atoms with van der Waals surface area (Å²) in [6.07, 6.45) is 3.70.